The highest BCUT2D eigenvalue weighted by Crippen LogP contribution is 2.30. The van der Waals surface area contributed by atoms with Crippen molar-refractivity contribution in [1.82, 2.24) is 4.90 Å². The van der Waals surface area contributed by atoms with Crippen LogP contribution in [0.5, 0.6) is 0 Å². The van der Waals surface area contributed by atoms with E-state index < -0.39 is 0 Å². The van der Waals surface area contributed by atoms with E-state index in [-0.39, 0.29) is 17.7 Å². The molecule has 4 rings (SSSR count). The van der Waals surface area contributed by atoms with Crippen molar-refractivity contribution in [3.8, 4) is 0 Å². The molecular formula is C25H30N2O2. The number of benzene rings is 2. The summed E-state index contributed by atoms with van der Waals surface area (Å²) in [7, 11) is 0. The molecule has 2 heterocycles. The number of aryl methyl sites for hydroxylation is 2. The molecule has 2 aromatic carbocycles. The maximum Gasteiger partial charge on any atom is 0.228 e. The van der Waals surface area contributed by atoms with Crippen molar-refractivity contribution < 1.29 is 9.59 Å². The lowest BCUT2D eigenvalue weighted by Gasteiger charge is -2.33. The third-order valence-corrected chi connectivity index (χ3v) is 6.41. The molecule has 2 fully saturated rings. The third-order valence-electron chi connectivity index (χ3n) is 6.41. The predicted molar refractivity (Wildman–Crippen MR) is 116 cm³/mol. The lowest BCUT2D eigenvalue weighted by molar-refractivity contribution is -0.137. The highest BCUT2D eigenvalue weighted by atomic mass is 16.2. The second kappa shape index (κ2) is 8.40. The van der Waals surface area contributed by atoms with E-state index in [1.54, 1.807) is 4.90 Å². The lowest BCUT2D eigenvalue weighted by Crippen LogP contribution is -2.42. The van der Waals surface area contributed by atoms with Gasteiger partial charge in [-0.05, 0) is 56.2 Å². The molecule has 0 bridgehead atoms. The normalized spacial score (nSPS) is 20.3. The van der Waals surface area contributed by atoms with Gasteiger partial charge in [-0.25, -0.2) is 0 Å². The molecule has 2 aromatic rings. The van der Waals surface area contributed by atoms with E-state index in [1.165, 1.54) is 11.1 Å². The fourth-order valence-electron chi connectivity index (χ4n) is 4.78. The Morgan fingerprint density at radius 2 is 1.76 bits per heavy atom. The largest absolute Gasteiger partial charge is 0.342 e. The minimum atomic E-state index is -0.214. The SMILES string of the molecule is Cc1ccc(N2CC(C(=O)N3CCC(Cc4ccccc4)CC3)CC2=O)c(C)c1. The van der Waals surface area contributed by atoms with Crippen molar-refractivity contribution in [3.63, 3.8) is 0 Å². The molecule has 0 N–H and O–H groups in total. The topological polar surface area (TPSA) is 40.6 Å². The molecule has 0 radical (unpaired) electrons. The molecule has 2 aliphatic heterocycles. The Bertz CT molecular complexity index is 885. The standard InChI is InChI=1S/C25H30N2O2/c1-18-8-9-23(19(2)14-18)27-17-22(16-24(27)28)25(29)26-12-10-21(11-13-26)15-20-6-4-3-5-7-20/h3-9,14,21-22H,10-13,15-17H2,1-2H3. The number of carbonyl (C=O) groups excluding carboxylic acids is 2. The van der Waals surface area contributed by atoms with Gasteiger partial charge >= 0.3 is 0 Å². The van der Waals surface area contributed by atoms with E-state index in [9.17, 15) is 9.59 Å². The summed E-state index contributed by atoms with van der Waals surface area (Å²) in [6.07, 6.45) is 3.51. The first-order chi connectivity index (χ1) is 14.0. The van der Waals surface area contributed by atoms with Crippen LogP contribution in [-0.4, -0.2) is 36.3 Å². The minimum Gasteiger partial charge on any atom is -0.342 e. The number of hydrogen-bond donors (Lipinski definition) is 0. The van der Waals surface area contributed by atoms with Crippen molar-refractivity contribution in [2.24, 2.45) is 11.8 Å². The molecule has 4 nitrogen and oxygen atoms in total. The zero-order chi connectivity index (χ0) is 20.4. The van der Waals surface area contributed by atoms with E-state index in [0.717, 1.165) is 43.6 Å². The van der Waals surface area contributed by atoms with Gasteiger partial charge in [0.2, 0.25) is 11.8 Å². The summed E-state index contributed by atoms with van der Waals surface area (Å²) in [6.45, 7) is 6.21. The van der Waals surface area contributed by atoms with Crippen LogP contribution in [0.3, 0.4) is 0 Å². The zero-order valence-electron chi connectivity index (χ0n) is 17.4. The van der Waals surface area contributed by atoms with Gasteiger partial charge in [0, 0.05) is 31.7 Å². The van der Waals surface area contributed by atoms with Crippen LogP contribution in [0.1, 0.15) is 36.0 Å². The molecule has 4 heteroatoms. The predicted octanol–water partition coefficient (Wildman–Crippen LogP) is 4.14. The second-order valence-electron chi connectivity index (χ2n) is 8.65. The first-order valence-electron chi connectivity index (χ1n) is 10.7. The van der Waals surface area contributed by atoms with Crippen LogP contribution in [-0.2, 0) is 16.0 Å². The molecule has 152 valence electrons. The van der Waals surface area contributed by atoms with Gasteiger partial charge in [-0.1, -0.05) is 48.0 Å². The molecule has 0 spiro atoms. The van der Waals surface area contributed by atoms with Gasteiger partial charge in [-0.15, -0.1) is 0 Å². The van der Waals surface area contributed by atoms with Crippen molar-refractivity contribution in [3.05, 3.63) is 65.2 Å². The highest BCUT2D eigenvalue weighted by molar-refractivity contribution is 6.00. The van der Waals surface area contributed by atoms with Crippen LogP contribution < -0.4 is 4.90 Å². The number of piperidine rings is 1. The fourth-order valence-corrected chi connectivity index (χ4v) is 4.78. The summed E-state index contributed by atoms with van der Waals surface area (Å²) < 4.78 is 0. The average molecular weight is 391 g/mol. The van der Waals surface area contributed by atoms with Gasteiger partial charge in [-0.2, -0.15) is 0 Å². The Balaban J connectivity index is 1.34. The second-order valence-corrected chi connectivity index (χ2v) is 8.65. The molecule has 0 aromatic heterocycles. The van der Waals surface area contributed by atoms with Crippen LogP contribution in [0, 0.1) is 25.7 Å². The van der Waals surface area contributed by atoms with Gasteiger partial charge in [0.05, 0.1) is 5.92 Å². The van der Waals surface area contributed by atoms with Crippen LogP contribution in [0.4, 0.5) is 5.69 Å². The Kier molecular flexibility index (Phi) is 5.70. The van der Waals surface area contributed by atoms with Crippen molar-refractivity contribution in [1.29, 1.82) is 0 Å². The smallest absolute Gasteiger partial charge is 0.228 e. The summed E-state index contributed by atoms with van der Waals surface area (Å²) in [5.41, 5.74) is 4.59. The Labute approximate surface area is 173 Å². The number of likely N-dealkylation sites (tertiary alicyclic amines) is 1. The molecule has 2 amide bonds. The number of carbonyl (C=O) groups is 2. The third kappa shape index (κ3) is 4.36. The van der Waals surface area contributed by atoms with Crippen molar-refractivity contribution in [2.45, 2.75) is 39.5 Å². The van der Waals surface area contributed by atoms with Crippen molar-refractivity contribution in [2.75, 3.05) is 24.5 Å². The maximum atomic E-state index is 13.1. The monoisotopic (exact) mass is 390 g/mol. The Hall–Kier alpha value is -2.62. The molecule has 1 unspecified atom stereocenters. The van der Waals surface area contributed by atoms with Gasteiger partial charge in [0.1, 0.15) is 0 Å². The number of rotatable bonds is 4. The molecule has 2 aliphatic rings. The van der Waals surface area contributed by atoms with Gasteiger partial charge in [0.25, 0.3) is 0 Å². The summed E-state index contributed by atoms with van der Waals surface area (Å²) in [5, 5.41) is 0. The maximum absolute atomic E-state index is 13.1. The molecule has 0 saturated carbocycles. The van der Waals surface area contributed by atoms with Crippen molar-refractivity contribution >= 4 is 17.5 Å². The summed E-state index contributed by atoms with van der Waals surface area (Å²) in [6, 6.07) is 16.7. The average Bonchev–Trinajstić information content (AvgIpc) is 3.10. The summed E-state index contributed by atoms with van der Waals surface area (Å²) in [4.78, 5) is 29.5. The number of nitrogens with zero attached hydrogens (tertiary/aromatic N) is 2. The number of hydrogen-bond acceptors (Lipinski definition) is 2. The van der Waals surface area contributed by atoms with E-state index in [0.29, 0.717) is 18.9 Å². The van der Waals surface area contributed by atoms with Crippen LogP contribution in [0.15, 0.2) is 48.5 Å². The molecule has 0 aliphatic carbocycles. The Morgan fingerprint density at radius 1 is 1.03 bits per heavy atom. The minimum absolute atomic E-state index is 0.0641. The van der Waals surface area contributed by atoms with Crippen LogP contribution >= 0.6 is 0 Å². The van der Waals surface area contributed by atoms with Gasteiger partial charge in [-0.3, -0.25) is 9.59 Å². The van der Waals surface area contributed by atoms with Gasteiger partial charge in [0.15, 0.2) is 0 Å². The highest BCUT2D eigenvalue weighted by Gasteiger charge is 2.38. The molecule has 1 atom stereocenters. The van der Waals surface area contributed by atoms with Crippen LogP contribution in [0.2, 0.25) is 0 Å². The quantitative estimate of drug-likeness (QED) is 0.787. The molecule has 2 saturated heterocycles. The zero-order valence-corrected chi connectivity index (χ0v) is 17.4. The molecule has 29 heavy (non-hydrogen) atoms. The number of amides is 2. The van der Waals surface area contributed by atoms with E-state index in [4.69, 9.17) is 0 Å². The van der Waals surface area contributed by atoms with E-state index in [1.807, 2.05) is 24.0 Å². The summed E-state index contributed by atoms with van der Waals surface area (Å²) in [5.74, 6) is 0.644. The van der Waals surface area contributed by atoms with E-state index in [2.05, 4.69) is 43.3 Å². The van der Waals surface area contributed by atoms with Crippen LogP contribution in [0.25, 0.3) is 0 Å². The lowest BCUT2D eigenvalue weighted by atomic mass is 9.89. The number of anilines is 1. The Morgan fingerprint density at radius 3 is 2.45 bits per heavy atom. The first-order valence-corrected chi connectivity index (χ1v) is 10.7. The first kappa shape index (κ1) is 19.7. The molecular weight excluding hydrogens is 360 g/mol. The van der Waals surface area contributed by atoms with E-state index >= 15 is 0 Å². The fraction of sp³-hybridized carbons (Fsp3) is 0.440. The van der Waals surface area contributed by atoms with Gasteiger partial charge < -0.3 is 9.80 Å². The summed E-state index contributed by atoms with van der Waals surface area (Å²) >= 11 is 0.